The van der Waals surface area contributed by atoms with E-state index >= 15 is 0 Å². The number of halogens is 3. The maximum atomic E-state index is 11.5. The smallest absolute Gasteiger partial charge is 0.319 e. The lowest BCUT2D eigenvalue weighted by Crippen LogP contribution is -2.31. The Labute approximate surface area is 121 Å². The molecular formula is C11H13Cl3N2O2. The molecular weight excluding hydrogens is 298 g/mol. The average Bonchev–Trinajstić information content (AvgIpc) is 2.32. The predicted octanol–water partition coefficient (Wildman–Crippen LogP) is 3.80. The van der Waals surface area contributed by atoms with E-state index in [4.69, 9.17) is 39.5 Å². The van der Waals surface area contributed by atoms with Gasteiger partial charge in [0.2, 0.25) is 0 Å². The van der Waals surface area contributed by atoms with E-state index in [2.05, 4.69) is 10.6 Å². The zero-order valence-corrected chi connectivity index (χ0v) is 12.0. The summed E-state index contributed by atoms with van der Waals surface area (Å²) in [6, 6.07) is 2.59. The highest BCUT2D eigenvalue weighted by Crippen LogP contribution is 2.32. The van der Waals surface area contributed by atoms with Gasteiger partial charge in [0.1, 0.15) is 0 Å². The second-order valence-electron chi connectivity index (χ2n) is 3.32. The molecule has 2 amide bonds. The molecule has 18 heavy (non-hydrogen) atoms. The van der Waals surface area contributed by atoms with Crippen LogP contribution in [0.3, 0.4) is 0 Å². The van der Waals surface area contributed by atoms with Gasteiger partial charge in [0.15, 0.2) is 0 Å². The van der Waals surface area contributed by atoms with Gasteiger partial charge in [0.25, 0.3) is 0 Å². The van der Waals surface area contributed by atoms with E-state index in [9.17, 15) is 4.79 Å². The summed E-state index contributed by atoms with van der Waals surface area (Å²) >= 11 is 17.5. The van der Waals surface area contributed by atoms with E-state index in [-0.39, 0.29) is 6.03 Å². The molecule has 0 bridgehead atoms. The SMILES string of the molecule is CCOCCNC(=O)Nc1cc(Cl)c(Cl)cc1Cl. The van der Waals surface area contributed by atoms with Gasteiger partial charge in [-0.15, -0.1) is 0 Å². The van der Waals surface area contributed by atoms with Gasteiger partial charge in [-0.3, -0.25) is 0 Å². The molecule has 0 radical (unpaired) electrons. The summed E-state index contributed by atoms with van der Waals surface area (Å²) in [4.78, 5) is 11.5. The van der Waals surface area contributed by atoms with Crippen molar-refractivity contribution < 1.29 is 9.53 Å². The second kappa shape index (κ2) is 7.69. The van der Waals surface area contributed by atoms with Gasteiger partial charge in [0, 0.05) is 13.2 Å². The fourth-order valence-corrected chi connectivity index (χ4v) is 1.76. The highest BCUT2D eigenvalue weighted by atomic mass is 35.5. The first-order valence-electron chi connectivity index (χ1n) is 5.31. The number of benzene rings is 1. The van der Waals surface area contributed by atoms with E-state index in [0.29, 0.717) is 40.5 Å². The number of anilines is 1. The molecule has 0 unspecified atom stereocenters. The largest absolute Gasteiger partial charge is 0.380 e. The van der Waals surface area contributed by atoms with Crippen LogP contribution in [0.4, 0.5) is 10.5 Å². The number of urea groups is 1. The highest BCUT2D eigenvalue weighted by molar-refractivity contribution is 6.44. The normalized spacial score (nSPS) is 10.2. The molecule has 0 aliphatic rings. The summed E-state index contributed by atoms with van der Waals surface area (Å²) in [6.07, 6.45) is 0. The Morgan fingerprint density at radius 1 is 1.22 bits per heavy atom. The molecule has 1 rings (SSSR count). The molecule has 0 aliphatic carbocycles. The van der Waals surface area contributed by atoms with Crippen molar-refractivity contribution in [1.82, 2.24) is 5.32 Å². The lowest BCUT2D eigenvalue weighted by Gasteiger charge is -2.10. The van der Waals surface area contributed by atoms with Crippen molar-refractivity contribution in [3.63, 3.8) is 0 Å². The summed E-state index contributed by atoms with van der Waals surface area (Å²) in [5.41, 5.74) is 0.403. The van der Waals surface area contributed by atoms with Crippen molar-refractivity contribution in [2.45, 2.75) is 6.92 Å². The number of carbonyl (C=O) groups is 1. The molecule has 1 aromatic carbocycles. The number of hydrogen-bond donors (Lipinski definition) is 2. The Balaban J connectivity index is 2.51. The van der Waals surface area contributed by atoms with Crippen LogP contribution in [0.15, 0.2) is 12.1 Å². The van der Waals surface area contributed by atoms with Crippen LogP contribution in [-0.4, -0.2) is 25.8 Å². The minimum atomic E-state index is -0.380. The highest BCUT2D eigenvalue weighted by Gasteiger charge is 2.08. The van der Waals surface area contributed by atoms with Crippen LogP contribution in [-0.2, 0) is 4.74 Å². The van der Waals surface area contributed by atoms with Crippen LogP contribution >= 0.6 is 34.8 Å². The molecule has 4 nitrogen and oxygen atoms in total. The molecule has 0 saturated heterocycles. The lowest BCUT2D eigenvalue weighted by atomic mass is 10.3. The topological polar surface area (TPSA) is 50.4 Å². The molecule has 0 atom stereocenters. The number of carbonyl (C=O) groups excluding carboxylic acids is 1. The van der Waals surface area contributed by atoms with Crippen LogP contribution < -0.4 is 10.6 Å². The van der Waals surface area contributed by atoms with E-state index in [1.54, 1.807) is 0 Å². The summed E-state index contributed by atoms with van der Waals surface area (Å²) in [6.45, 7) is 3.37. The number of rotatable bonds is 5. The average molecular weight is 312 g/mol. The van der Waals surface area contributed by atoms with Crippen LogP contribution in [0.1, 0.15) is 6.92 Å². The number of nitrogens with one attached hydrogen (secondary N) is 2. The maximum Gasteiger partial charge on any atom is 0.319 e. The van der Waals surface area contributed by atoms with Crippen LogP contribution in [0, 0.1) is 0 Å². The maximum absolute atomic E-state index is 11.5. The molecule has 0 heterocycles. The fourth-order valence-electron chi connectivity index (χ4n) is 1.17. The third-order valence-corrected chi connectivity index (χ3v) is 3.03. The predicted molar refractivity (Wildman–Crippen MR) is 75.0 cm³/mol. The van der Waals surface area contributed by atoms with Crippen LogP contribution in [0.2, 0.25) is 15.1 Å². The fraction of sp³-hybridized carbons (Fsp3) is 0.364. The monoisotopic (exact) mass is 310 g/mol. The van der Waals surface area contributed by atoms with Crippen LogP contribution in [0.5, 0.6) is 0 Å². The Morgan fingerprint density at radius 3 is 2.56 bits per heavy atom. The molecule has 0 spiro atoms. The van der Waals surface area contributed by atoms with Gasteiger partial charge >= 0.3 is 6.03 Å². The summed E-state index contributed by atoms with van der Waals surface area (Å²) in [5, 5.41) is 6.18. The standard InChI is InChI=1S/C11H13Cl3N2O2/c1-2-18-4-3-15-11(17)16-10-6-8(13)7(12)5-9(10)14/h5-6H,2-4H2,1H3,(H2,15,16,17). The third kappa shape index (κ3) is 4.90. The van der Waals surface area contributed by atoms with E-state index in [1.165, 1.54) is 12.1 Å². The molecule has 0 saturated carbocycles. The number of hydrogen-bond acceptors (Lipinski definition) is 2. The van der Waals surface area contributed by atoms with Crippen molar-refractivity contribution in [2.75, 3.05) is 25.1 Å². The van der Waals surface area contributed by atoms with E-state index in [0.717, 1.165) is 0 Å². The van der Waals surface area contributed by atoms with Crippen molar-refractivity contribution in [3.05, 3.63) is 27.2 Å². The first-order chi connectivity index (χ1) is 8.54. The molecule has 0 aromatic heterocycles. The van der Waals surface area contributed by atoms with Gasteiger partial charge in [-0.2, -0.15) is 0 Å². The van der Waals surface area contributed by atoms with Crippen LogP contribution in [0.25, 0.3) is 0 Å². The van der Waals surface area contributed by atoms with E-state index < -0.39 is 0 Å². The summed E-state index contributed by atoms with van der Waals surface area (Å²) in [7, 11) is 0. The Hall–Kier alpha value is -0.680. The lowest BCUT2D eigenvalue weighted by molar-refractivity contribution is 0.150. The summed E-state index contributed by atoms with van der Waals surface area (Å²) < 4.78 is 5.09. The Kier molecular flexibility index (Phi) is 6.57. The van der Waals surface area contributed by atoms with Gasteiger partial charge in [-0.05, 0) is 19.1 Å². The number of ether oxygens (including phenoxy) is 1. The first kappa shape index (κ1) is 15.4. The van der Waals surface area contributed by atoms with Gasteiger partial charge in [-0.1, -0.05) is 34.8 Å². The molecule has 0 fully saturated rings. The van der Waals surface area contributed by atoms with E-state index in [1.807, 2.05) is 6.92 Å². The minimum absolute atomic E-state index is 0.323. The zero-order valence-electron chi connectivity index (χ0n) is 9.73. The summed E-state index contributed by atoms with van der Waals surface area (Å²) in [5.74, 6) is 0. The van der Waals surface area contributed by atoms with Gasteiger partial charge in [-0.25, -0.2) is 4.79 Å². The van der Waals surface area contributed by atoms with Gasteiger partial charge < -0.3 is 15.4 Å². The Bertz CT molecular complexity index is 427. The Morgan fingerprint density at radius 2 is 1.89 bits per heavy atom. The van der Waals surface area contributed by atoms with Crippen molar-refractivity contribution >= 4 is 46.5 Å². The quantitative estimate of drug-likeness (QED) is 0.642. The molecule has 1 aromatic rings. The van der Waals surface area contributed by atoms with Gasteiger partial charge in [0.05, 0.1) is 27.4 Å². The molecule has 0 aliphatic heterocycles. The third-order valence-electron chi connectivity index (χ3n) is 1.99. The second-order valence-corrected chi connectivity index (χ2v) is 4.55. The number of amides is 2. The minimum Gasteiger partial charge on any atom is -0.380 e. The zero-order chi connectivity index (χ0) is 13.5. The molecule has 7 heteroatoms. The van der Waals surface area contributed by atoms with Crippen molar-refractivity contribution in [2.24, 2.45) is 0 Å². The first-order valence-corrected chi connectivity index (χ1v) is 6.45. The van der Waals surface area contributed by atoms with Crippen molar-refractivity contribution in [1.29, 1.82) is 0 Å². The van der Waals surface area contributed by atoms with Crippen molar-refractivity contribution in [3.8, 4) is 0 Å². The molecule has 2 N–H and O–H groups in total. The molecule has 100 valence electrons.